The van der Waals surface area contributed by atoms with Crippen LogP contribution in [0.4, 0.5) is 5.82 Å². The standard InChI is InChI=1S/C11H15Cl2N3/c12-9-4-10(13)11(16-7-9)15-6-8-2-1-3-14-5-8/h4,7-8,14H,1-3,5-6H2,(H,15,16). The summed E-state index contributed by atoms with van der Waals surface area (Å²) in [4.78, 5) is 4.17. The van der Waals surface area contributed by atoms with Gasteiger partial charge >= 0.3 is 0 Å². The third-order valence-electron chi connectivity index (χ3n) is 2.76. The normalized spacial score (nSPS) is 20.8. The Labute approximate surface area is 106 Å². The maximum absolute atomic E-state index is 6.02. The van der Waals surface area contributed by atoms with Gasteiger partial charge in [-0.05, 0) is 37.9 Å². The molecule has 2 rings (SSSR count). The maximum Gasteiger partial charge on any atom is 0.144 e. The van der Waals surface area contributed by atoms with Crippen LogP contribution in [0, 0.1) is 5.92 Å². The Morgan fingerprint density at radius 2 is 2.38 bits per heavy atom. The summed E-state index contributed by atoms with van der Waals surface area (Å²) in [5.74, 6) is 1.37. The Morgan fingerprint density at radius 3 is 3.06 bits per heavy atom. The van der Waals surface area contributed by atoms with Crippen LogP contribution in [0.3, 0.4) is 0 Å². The molecule has 0 spiro atoms. The smallest absolute Gasteiger partial charge is 0.144 e. The zero-order valence-electron chi connectivity index (χ0n) is 8.97. The lowest BCUT2D eigenvalue weighted by molar-refractivity contribution is 0.392. The molecule has 1 saturated heterocycles. The van der Waals surface area contributed by atoms with E-state index in [4.69, 9.17) is 23.2 Å². The molecule has 1 aliphatic rings. The van der Waals surface area contributed by atoms with Crippen LogP contribution in [0.15, 0.2) is 12.3 Å². The topological polar surface area (TPSA) is 37.0 Å². The molecular weight excluding hydrogens is 245 g/mol. The van der Waals surface area contributed by atoms with E-state index < -0.39 is 0 Å². The molecule has 1 aromatic heterocycles. The lowest BCUT2D eigenvalue weighted by Crippen LogP contribution is -2.33. The first-order valence-electron chi connectivity index (χ1n) is 5.51. The second-order valence-corrected chi connectivity index (χ2v) is 4.92. The first-order valence-corrected chi connectivity index (χ1v) is 6.27. The molecule has 2 heterocycles. The van der Waals surface area contributed by atoms with Crippen LogP contribution in [0.2, 0.25) is 10.0 Å². The van der Waals surface area contributed by atoms with Gasteiger partial charge in [-0.2, -0.15) is 0 Å². The highest BCUT2D eigenvalue weighted by Crippen LogP contribution is 2.23. The van der Waals surface area contributed by atoms with Crippen molar-refractivity contribution >= 4 is 29.0 Å². The van der Waals surface area contributed by atoms with Crippen LogP contribution in [0.5, 0.6) is 0 Å². The average molecular weight is 260 g/mol. The number of halogens is 2. The third-order valence-corrected chi connectivity index (χ3v) is 3.26. The van der Waals surface area contributed by atoms with Gasteiger partial charge in [-0.25, -0.2) is 4.98 Å². The zero-order chi connectivity index (χ0) is 11.4. The highest BCUT2D eigenvalue weighted by Gasteiger charge is 2.13. The van der Waals surface area contributed by atoms with Crippen molar-refractivity contribution in [2.45, 2.75) is 12.8 Å². The minimum Gasteiger partial charge on any atom is -0.369 e. The summed E-state index contributed by atoms with van der Waals surface area (Å²) in [5.41, 5.74) is 0. The molecule has 5 heteroatoms. The highest BCUT2D eigenvalue weighted by molar-refractivity contribution is 6.35. The summed E-state index contributed by atoms with van der Waals surface area (Å²) in [6.45, 7) is 3.11. The molecule has 0 radical (unpaired) electrons. The Hall–Kier alpha value is -0.510. The van der Waals surface area contributed by atoms with Crippen molar-refractivity contribution in [3.05, 3.63) is 22.3 Å². The summed E-state index contributed by atoms with van der Waals surface area (Å²) in [6, 6.07) is 1.71. The maximum atomic E-state index is 6.02. The first kappa shape index (κ1) is 12.0. The molecule has 0 saturated carbocycles. The first-order chi connectivity index (χ1) is 7.75. The van der Waals surface area contributed by atoms with E-state index >= 15 is 0 Å². The van der Waals surface area contributed by atoms with Gasteiger partial charge in [0.05, 0.1) is 10.0 Å². The quantitative estimate of drug-likeness (QED) is 0.877. The van der Waals surface area contributed by atoms with Gasteiger partial charge < -0.3 is 10.6 Å². The SMILES string of the molecule is Clc1cnc(NCC2CCCNC2)c(Cl)c1. The number of anilines is 1. The highest BCUT2D eigenvalue weighted by atomic mass is 35.5. The third kappa shape index (κ3) is 3.24. The van der Waals surface area contributed by atoms with Crippen molar-refractivity contribution in [1.29, 1.82) is 0 Å². The van der Waals surface area contributed by atoms with Gasteiger partial charge in [-0.15, -0.1) is 0 Å². The van der Waals surface area contributed by atoms with Gasteiger partial charge in [0, 0.05) is 12.7 Å². The molecule has 1 unspecified atom stereocenters. The van der Waals surface area contributed by atoms with Crippen molar-refractivity contribution in [1.82, 2.24) is 10.3 Å². The Bertz CT molecular complexity index is 351. The van der Waals surface area contributed by atoms with Gasteiger partial charge in [0.15, 0.2) is 0 Å². The Balaban J connectivity index is 1.88. The van der Waals surface area contributed by atoms with E-state index in [1.807, 2.05) is 0 Å². The lowest BCUT2D eigenvalue weighted by Gasteiger charge is -2.23. The fourth-order valence-corrected chi connectivity index (χ4v) is 2.33. The number of pyridine rings is 1. The average Bonchev–Trinajstić information content (AvgIpc) is 2.29. The summed E-state index contributed by atoms with van der Waals surface area (Å²) >= 11 is 11.8. The zero-order valence-corrected chi connectivity index (χ0v) is 10.5. The van der Waals surface area contributed by atoms with Gasteiger partial charge in [-0.3, -0.25) is 0 Å². The monoisotopic (exact) mass is 259 g/mol. The van der Waals surface area contributed by atoms with Crippen molar-refractivity contribution in [3.8, 4) is 0 Å². The molecule has 16 heavy (non-hydrogen) atoms. The van der Waals surface area contributed by atoms with Crippen molar-refractivity contribution in [2.75, 3.05) is 25.0 Å². The summed E-state index contributed by atoms with van der Waals surface area (Å²) in [5, 5.41) is 7.79. The number of aromatic nitrogens is 1. The van der Waals surface area contributed by atoms with E-state index in [0.29, 0.717) is 16.0 Å². The van der Waals surface area contributed by atoms with Crippen molar-refractivity contribution in [3.63, 3.8) is 0 Å². The number of hydrogen-bond donors (Lipinski definition) is 2. The molecule has 0 bridgehead atoms. The Kier molecular flexibility index (Phi) is 4.27. The fraction of sp³-hybridized carbons (Fsp3) is 0.545. The molecule has 1 aromatic rings. The molecule has 3 nitrogen and oxygen atoms in total. The molecule has 1 fully saturated rings. The summed E-state index contributed by atoms with van der Waals surface area (Å²) < 4.78 is 0. The summed E-state index contributed by atoms with van der Waals surface area (Å²) in [7, 11) is 0. The minimum absolute atomic E-state index is 0.565. The second kappa shape index (κ2) is 5.71. The molecule has 1 atom stereocenters. The Morgan fingerprint density at radius 1 is 1.50 bits per heavy atom. The van der Waals surface area contributed by atoms with Crippen LogP contribution in [0.25, 0.3) is 0 Å². The van der Waals surface area contributed by atoms with Crippen LogP contribution >= 0.6 is 23.2 Å². The minimum atomic E-state index is 0.565. The molecule has 0 amide bonds. The van der Waals surface area contributed by atoms with E-state index in [2.05, 4.69) is 15.6 Å². The summed E-state index contributed by atoms with van der Waals surface area (Å²) in [6.07, 6.45) is 4.11. The van der Waals surface area contributed by atoms with Crippen LogP contribution in [-0.2, 0) is 0 Å². The van der Waals surface area contributed by atoms with Crippen LogP contribution in [0.1, 0.15) is 12.8 Å². The number of piperidine rings is 1. The van der Waals surface area contributed by atoms with E-state index in [1.54, 1.807) is 12.3 Å². The van der Waals surface area contributed by atoms with E-state index in [-0.39, 0.29) is 0 Å². The lowest BCUT2D eigenvalue weighted by atomic mass is 10.00. The molecule has 88 valence electrons. The van der Waals surface area contributed by atoms with Crippen LogP contribution in [-0.4, -0.2) is 24.6 Å². The van der Waals surface area contributed by atoms with Gasteiger partial charge in [-0.1, -0.05) is 23.2 Å². The predicted octanol–water partition coefficient (Wildman–Crippen LogP) is 2.80. The predicted molar refractivity (Wildman–Crippen MR) is 68.3 cm³/mol. The fourth-order valence-electron chi connectivity index (χ4n) is 1.88. The van der Waals surface area contributed by atoms with E-state index in [0.717, 1.165) is 25.5 Å². The van der Waals surface area contributed by atoms with Crippen molar-refractivity contribution in [2.24, 2.45) is 5.92 Å². The molecule has 0 aliphatic carbocycles. The van der Waals surface area contributed by atoms with E-state index in [9.17, 15) is 0 Å². The molecule has 2 N–H and O–H groups in total. The molecule has 1 aliphatic heterocycles. The number of rotatable bonds is 3. The molecular formula is C11H15Cl2N3. The van der Waals surface area contributed by atoms with E-state index in [1.165, 1.54) is 12.8 Å². The number of nitrogens with zero attached hydrogens (tertiary/aromatic N) is 1. The largest absolute Gasteiger partial charge is 0.369 e. The van der Waals surface area contributed by atoms with Gasteiger partial charge in [0.25, 0.3) is 0 Å². The second-order valence-electron chi connectivity index (χ2n) is 4.08. The van der Waals surface area contributed by atoms with Crippen molar-refractivity contribution < 1.29 is 0 Å². The number of hydrogen-bond acceptors (Lipinski definition) is 3. The van der Waals surface area contributed by atoms with Crippen LogP contribution < -0.4 is 10.6 Å². The molecule has 0 aromatic carbocycles. The van der Waals surface area contributed by atoms with Gasteiger partial charge in [0.2, 0.25) is 0 Å². The van der Waals surface area contributed by atoms with Gasteiger partial charge in [0.1, 0.15) is 5.82 Å². The number of nitrogens with one attached hydrogen (secondary N) is 2.